The molecule has 0 bridgehead atoms. The molecule has 3 nitrogen and oxygen atoms in total. The molecule has 5 heteroatoms. The summed E-state index contributed by atoms with van der Waals surface area (Å²) < 4.78 is 0. The third-order valence-corrected chi connectivity index (χ3v) is 5.52. The Morgan fingerprint density at radius 2 is 2.26 bits per heavy atom. The molecule has 0 saturated carbocycles. The first kappa shape index (κ1) is 18.6. The Morgan fingerprint density at radius 3 is 2.96 bits per heavy atom. The summed E-state index contributed by atoms with van der Waals surface area (Å²) in [6.45, 7) is 9.80. The molecule has 128 valence electrons. The van der Waals surface area contributed by atoms with E-state index in [0.717, 1.165) is 31.2 Å². The molecular weight excluding hydrogens is 328 g/mol. The van der Waals surface area contributed by atoms with Crippen molar-refractivity contribution in [3.63, 3.8) is 0 Å². The number of hydrogen-bond donors (Lipinski definition) is 1. The molecule has 1 aliphatic heterocycles. The second-order valence-electron chi connectivity index (χ2n) is 6.56. The van der Waals surface area contributed by atoms with Crippen molar-refractivity contribution in [2.45, 2.75) is 50.3 Å². The van der Waals surface area contributed by atoms with Gasteiger partial charge in [0.15, 0.2) is 0 Å². The molecule has 1 atom stereocenters. The van der Waals surface area contributed by atoms with Crippen LogP contribution in [0, 0.1) is 5.92 Å². The number of nitrogens with zero attached hydrogens (tertiary/aromatic N) is 1. The van der Waals surface area contributed by atoms with Crippen molar-refractivity contribution in [3.05, 3.63) is 28.8 Å². The lowest BCUT2D eigenvalue weighted by molar-refractivity contribution is -0.119. The van der Waals surface area contributed by atoms with E-state index in [1.54, 1.807) is 6.92 Å². The molecule has 23 heavy (non-hydrogen) atoms. The Bertz CT molecular complexity index is 536. The first-order valence-corrected chi connectivity index (χ1v) is 9.62. The van der Waals surface area contributed by atoms with Crippen LogP contribution in [-0.2, 0) is 11.3 Å². The number of amides is 1. The molecule has 1 N–H and O–H groups in total. The van der Waals surface area contributed by atoms with Gasteiger partial charge in [0.1, 0.15) is 0 Å². The zero-order valence-corrected chi connectivity index (χ0v) is 15.8. The van der Waals surface area contributed by atoms with Crippen LogP contribution in [0.15, 0.2) is 23.1 Å². The highest BCUT2D eigenvalue weighted by atomic mass is 35.5. The van der Waals surface area contributed by atoms with Gasteiger partial charge in [-0.05, 0) is 43.0 Å². The van der Waals surface area contributed by atoms with Crippen molar-refractivity contribution < 1.29 is 4.79 Å². The molecule has 0 radical (unpaired) electrons. The van der Waals surface area contributed by atoms with Gasteiger partial charge in [-0.2, -0.15) is 0 Å². The van der Waals surface area contributed by atoms with Gasteiger partial charge in [-0.25, -0.2) is 0 Å². The van der Waals surface area contributed by atoms with Crippen molar-refractivity contribution in [2.24, 2.45) is 5.92 Å². The molecule has 0 aromatic heterocycles. The molecular formula is C18H27ClN2OS. The number of carbonyl (C=O) groups excluding carboxylic acids is 1. The molecule has 1 heterocycles. The maximum atomic E-state index is 11.1. The maximum Gasteiger partial charge on any atom is 0.216 e. The Morgan fingerprint density at radius 1 is 1.48 bits per heavy atom. The van der Waals surface area contributed by atoms with E-state index in [0.29, 0.717) is 11.2 Å². The lowest BCUT2D eigenvalue weighted by atomic mass is 9.97. The largest absolute Gasteiger partial charge is 0.356 e. The number of piperidine rings is 1. The Balaban J connectivity index is 2.02. The summed E-state index contributed by atoms with van der Waals surface area (Å²) in [5.41, 5.74) is 1.24. The summed E-state index contributed by atoms with van der Waals surface area (Å²) in [5.74, 6) is 0.597. The minimum absolute atomic E-state index is 0.0591. The number of thioether (sulfide) groups is 1. The minimum atomic E-state index is 0.0591. The number of nitrogens with one attached hydrogen (secondary N) is 1. The summed E-state index contributed by atoms with van der Waals surface area (Å²) in [7, 11) is 0. The van der Waals surface area contributed by atoms with Gasteiger partial charge in [-0.15, -0.1) is 11.8 Å². The zero-order valence-electron chi connectivity index (χ0n) is 14.3. The van der Waals surface area contributed by atoms with Crippen LogP contribution in [0.5, 0.6) is 0 Å². The predicted octanol–water partition coefficient (Wildman–Crippen LogP) is 4.19. The third-order valence-electron chi connectivity index (χ3n) is 4.06. The van der Waals surface area contributed by atoms with E-state index < -0.39 is 0 Å². The summed E-state index contributed by atoms with van der Waals surface area (Å²) in [5, 5.41) is 4.36. The topological polar surface area (TPSA) is 32.3 Å². The molecule has 0 spiro atoms. The van der Waals surface area contributed by atoms with Crippen LogP contribution in [0.1, 0.15) is 39.2 Å². The van der Waals surface area contributed by atoms with Gasteiger partial charge >= 0.3 is 0 Å². The minimum Gasteiger partial charge on any atom is -0.356 e. The quantitative estimate of drug-likeness (QED) is 0.777. The average Bonchev–Trinajstić information content (AvgIpc) is 2.49. The molecule has 1 fully saturated rings. The molecule has 1 amide bonds. The smallest absolute Gasteiger partial charge is 0.216 e. The normalized spacial score (nSPS) is 19.1. The number of hydrogen-bond acceptors (Lipinski definition) is 3. The van der Waals surface area contributed by atoms with Crippen LogP contribution in [0.3, 0.4) is 0 Å². The van der Waals surface area contributed by atoms with Crippen LogP contribution in [0.2, 0.25) is 5.02 Å². The van der Waals surface area contributed by atoms with Gasteiger partial charge in [-0.3, -0.25) is 9.69 Å². The van der Waals surface area contributed by atoms with Crippen LogP contribution in [-0.4, -0.2) is 35.7 Å². The fraction of sp³-hybridized carbons (Fsp3) is 0.611. The highest BCUT2D eigenvalue weighted by molar-refractivity contribution is 8.00. The third kappa shape index (κ3) is 6.02. The number of carbonyl (C=O) groups is 1. The molecule has 1 aliphatic rings. The highest BCUT2D eigenvalue weighted by Gasteiger charge is 2.22. The van der Waals surface area contributed by atoms with Crippen molar-refractivity contribution in [2.75, 3.05) is 19.6 Å². The highest BCUT2D eigenvalue weighted by Crippen LogP contribution is 2.33. The lowest BCUT2D eigenvalue weighted by Crippen LogP contribution is -2.40. The Hall–Kier alpha value is -0.710. The van der Waals surface area contributed by atoms with Crippen LogP contribution in [0.4, 0.5) is 0 Å². The number of rotatable bonds is 6. The Kier molecular flexibility index (Phi) is 7.25. The molecule has 2 rings (SSSR count). The molecule has 1 aromatic carbocycles. The fourth-order valence-electron chi connectivity index (χ4n) is 3.03. The van der Waals surface area contributed by atoms with E-state index in [2.05, 4.69) is 30.1 Å². The summed E-state index contributed by atoms with van der Waals surface area (Å²) >= 11 is 8.35. The van der Waals surface area contributed by atoms with Gasteiger partial charge in [-0.1, -0.05) is 31.5 Å². The van der Waals surface area contributed by atoms with Gasteiger partial charge in [0, 0.05) is 41.7 Å². The number of benzene rings is 1. The second kappa shape index (κ2) is 8.95. The Labute approximate surface area is 149 Å². The number of halogens is 1. The molecule has 0 aliphatic carbocycles. The van der Waals surface area contributed by atoms with Crippen LogP contribution >= 0.6 is 23.4 Å². The maximum absolute atomic E-state index is 11.1. The monoisotopic (exact) mass is 354 g/mol. The second-order valence-corrected chi connectivity index (χ2v) is 8.59. The van der Waals surface area contributed by atoms with Crippen molar-refractivity contribution in [1.82, 2.24) is 10.2 Å². The molecule has 1 saturated heterocycles. The van der Waals surface area contributed by atoms with E-state index in [9.17, 15) is 4.79 Å². The molecule has 1 aromatic rings. The van der Waals surface area contributed by atoms with Gasteiger partial charge < -0.3 is 5.32 Å². The zero-order chi connectivity index (χ0) is 16.8. The molecule has 0 unspecified atom stereocenters. The van der Waals surface area contributed by atoms with Crippen molar-refractivity contribution in [1.29, 1.82) is 0 Å². The number of likely N-dealkylation sites (tertiary alicyclic amines) is 1. The van der Waals surface area contributed by atoms with E-state index in [4.69, 9.17) is 11.6 Å². The van der Waals surface area contributed by atoms with Gasteiger partial charge in [0.05, 0.1) is 0 Å². The van der Waals surface area contributed by atoms with Crippen LogP contribution in [0.25, 0.3) is 0 Å². The summed E-state index contributed by atoms with van der Waals surface area (Å²) in [6.07, 6.45) is 2.37. The van der Waals surface area contributed by atoms with Gasteiger partial charge in [0.2, 0.25) is 5.91 Å². The average molecular weight is 355 g/mol. The fourth-order valence-corrected chi connectivity index (χ4v) is 4.30. The van der Waals surface area contributed by atoms with Gasteiger partial charge in [0.25, 0.3) is 0 Å². The first-order chi connectivity index (χ1) is 11.0. The van der Waals surface area contributed by atoms with E-state index in [1.165, 1.54) is 23.3 Å². The predicted molar refractivity (Wildman–Crippen MR) is 99.1 cm³/mol. The van der Waals surface area contributed by atoms with Crippen molar-refractivity contribution in [3.8, 4) is 0 Å². The van der Waals surface area contributed by atoms with Crippen molar-refractivity contribution >= 4 is 29.3 Å². The first-order valence-electron chi connectivity index (χ1n) is 8.36. The van der Waals surface area contributed by atoms with Crippen LogP contribution < -0.4 is 5.32 Å². The van der Waals surface area contributed by atoms with E-state index >= 15 is 0 Å². The summed E-state index contributed by atoms with van der Waals surface area (Å²) in [6, 6.07) is 6.19. The van der Waals surface area contributed by atoms with E-state index in [-0.39, 0.29) is 5.91 Å². The lowest BCUT2D eigenvalue weighted by Gasteiger charge is -2.33. The standard InChI is InChI=1S/C18H27ClN2OS/c1-13(2)23-18-8-4-7-17(19)16(18)12-21-9-5-6-15(11-21)10-20-14(3)22/h4,7-8,13,15H,5-6,9-12H2,1-3H3,(H,20,22)/t15-/m1/s1. The van der Waals surface area contributed by atoms with E-state index in [1.807, 2.05) is 23.9 Å². The summed E-state index contributed by atoms with van der Waals surface area (Å²) in [4.78, 5) is 14.9. The SMILES string of the molecule is CC(=O)NC[C@H]1CCCN(Cc2c(Cl)cccc2SC(C)C)C1.